The standard InChI is InChI=1S/C14H13N3/c15-9-11-3-1-5-13(7-11)17-14-6-2-4-12(8-14)10-16/h1-8,17H,9,15H2. The van der Waals surface area contributed by atoms with Gasteiger partial charge in [0.25, 0.3) is 0 Å². The minimum Gasteiger partial charge on any atom is -0.355 e. The zero-order chi connectivity index (χ0) is 12.1. The maximum absolute atomic E-state index is 8.82. The minimum absolute atomic E-state index is 0.522. The van der Waals surface area contributed by atoms with E-state index >= 15 is 0 Å². The van der Waals surface area contributed by atoms with Gasteiger partial charge in [0.2, 0.25) is 0 Å². The van der Waals surface area contributed by atoms with E-state index in [1.54, 1.807) is 6.07 Å². The fraction of sp³-hybridized carbons (Fsp3) is 0.0714. The second kappa shape index (κ2) is 5.15. The van der Waals surface area contributed by atoms with Crippen molar-refractivity contribution in [2.24, 2.45) is 5.73 Å². The molecule has 0 saturated carbocycles. The molecule has 2 rings (SSSR count). The molecule has 0 bridgehead atoms. The third-order valence-electron chi connectivity index (χ3n) is 2.44. The Bertz CT molecular complexity index is 555. The maximum atomic E-state index is 8.82. The van der Waals surface area contributed by atoms with E-state index in [2.05, 4.69) is 11.4 Å². The monoisotopic (exact) mass is 223 g/mol. The molecule has 3 nitrogen and oxygen atoms in total. The van der Waals surface area contributed by atoms with E-state index in [9.17, 15) is 0 Å². The Morgan fingerprint density at radius 3 is 2.47 bits per heavy atom. The molecule has 0 unspecified atom stereocenters. The smallest absolute Gasteiger partial charge is 0.0992 e. The summed E-state index contributed by atoms with van der Waals surface area (Å²) in [5.41, 5.74) is 9.18. The summed E-state index contributed by atoms with van der Waals surface area (Å²) in [4.78, 5) is 0. The minimum atomic E-state index is 0.522. The zero-order valence-electron chi connectivity index (χ0n) is 9.35. The first-order valence-electron chi connectivity index (χ1n) is 5.38. The molecule has 0 saturated heterocycles. The highest BCUT2D eigenvalue weighted by atomic mass is 14.9. The molecule has 0 atom stereocenters. The van der Waals surface area contributed by atoms with Crippen LogP contribution in [0.15, 0.2) is 48.5 Å². The van der Waals surface area contributed by atoms with Crippen molar-refractivity contribution in [2.75, 3.05) is 5.32 Å². The van der Waals surface area contributed by atoms with Gasteiger partial charge in [0.05, 0.1) is 11.6 Å². The normalized spacial score (nSPS) is 9.65. The van der Waals surface area contributed by atoms with Crippen LogP contribution >= 0.6 is 0 Å². The number of hydrogen-bond acceptors (Lipinski definition) is 3. The quantitative estimate of drug-likeness (QED) is 0.841. The number of nitrogens with zero attached hydrogens (tertiary/aromatic N) is 1. The molecule has 84 valence electrons. The molecular formula is C14H13N3. The Hall–Kier alpha value is -2.31. The zero-order valence-corrected chi connectivity index (χ0v) is 9.35. The number of nitrogens with one attached hydrogen (secondary N) is 1. The second-order valence-corrected chi connectivity index (χ2v) is 3.72. The van der Waals surface area contributed by atoms with Crippen LogP contribution in [0.2, 0.25) is 0 Å². The van der Waals surface area contributed by atoms with Gasteiger partial charge in [-0.1, -0.05) is 18.2 Å². The van der Waals surface area contributed by atoms with Crippen molar-refractivity contribution < 1.29 is 0 Å². The summed E-state index contributed by atoms with van der Waals surface area (Å²) in [5.74, 6) is 0. The third-order valence-corrected chi connectivity index (χ3v) is 2.44. The van der Waals surface area contributed by atoms with Gasteiger partial charge < -0.3 is 11.1 Å². The first kappa shape index (κ1) is 11.2. The summed E-state index contributed by atoms with van der Waals surface area (Å²) in [6.07, 6.45) is 0. The van der Waals surface area contributed by atoms with Gasteiger partial charge in [0.1, 0.15) is 0 Å². The lowest BCUT2D eigenvalue weighted by molar-refractivity contribution is 1.07. The molecule has 0 aliphatic heterocycles. The Morgan fingerprint density at radius 1 is 1.06 bits per heavy atom. The molecular weight excluding hydrogens is 210 g/mol. The fourth-order valence-corrected chi connectivity index (χ4v) is 1.61. The molecule has 0 fully saturated rings. The molecule has 0 spiro atoms. The number of nitriles is 1. The molecule has 0 amide bonds. The molecule has 0 aliphatic carbocycles. The van der Waals surface area contributed by atoms with E-state index in [4.69, 9.17) is 11.0 Å². The molecule has 0 radical (unpaired) electrons. The molecule has 0 aromatic heterocycles. The van der Waals surface area contributed by atoms with Crippen molar-refractivity contribution in [3.63, 3.8) is 0 Å². The Morgan fingerprint density at radius 2 is 1.76 bits per heavy atom. The van der Waals surface area contributed by atoms with Crippen molar-refractivity contribution in [3.8, 4) is 6.07 Å². The number of benzene rings is 2. The van der Waals surface area contributed by atoms with E-state index in [0.29, 0.717) is 12.1 Å². The van der Waals surface area contributed by atoms with Crippen molar-refractivity contribution >= 4 is 11.4 Å². The Balaban J connectivity index is 2.22. The highest BCUT2D eigenvalue weighted by molar-refractivity contribution is 5.61. The van der Waals surface area contributed by atoms with Crippen LogP contribution in [0.1, 0.15) is 11.1 Å². The number of anilines is 2. The third kappa shape index (κ3) is 2.83. The van der Waals surface area contributed by atoms with Crippen LogP contribution in [-0.2, 0) is 6.54 Å². The van der Waals surface area contributed by atoms with Gasteiger partial charge in [0.15, 0.2) is 0 Å². The van der Waals surface area contributed by atoms with E-state index in [-0.39, 0.29) is 0 Å². The topological polar surface area (TPSA) is 61.8 Å². The van der Waals surface area contributed by atoms with Crippen molar-refractivity contribution in [1.82, 2.24) is 0 Å². The van der Waals surface area contributed by atoms with Crippen LogP contribution in [0.3, 0.4) is 0 Å². The molecule has 0 aliphatic rings. The first-order valence-corrected chi connectivity index (χ1v) is 5.38. The highest BCUT2D eigenvalue weighted by Gasteiger charge is 1.97. The van der Waals surface area contributed by atoms with Crippen LogP contribution in [0, 0.1) is 11.3 Å². The van der Waals surface area contributed by atoms with Crippen LogP contribution < -0.4 is 11.1 Å². The van der Waals surface area contributed by atoms with Gasteiger partial charge in [0, 0.05) is 17.9 Å². The van der Waals surface area contributed by atoms with E-state index < -0.39 is 0 Å². The van der Waals surface area contributed by atoms with Crippen LogP contribution in [-0.4, -0.2) is 0 Å². The molecule has 3 heteroatoms. The van der Waals surface area contributed by atoms with E-state index in [0.717, 1.165) is 16.9 Å². The van der Waals surface area contributed by atoms with Crippen molar-refractivity contribution in [2.45, 2.75) is 6.54 Å². The molecule has 17 heavy (non-hydrogen) atoms. The van der Waals surface area contributed by atoms with Crippen LogP contribution in [0.4, 0.5) is 11.4 Å². The Kier molecular flexibility index (Phi) is 3.39. The predicted molar refractivity (Wildman–Crippen MR) is 68.8 cm³/mol. The number of hydrogen-bond donors (Lipinski definition) is 2. The predicted octanol–water partition coefficient (Wildman–Crippen LogP) is 2.76. The maximum Gasteiger partial charge on any atom is 0.0992 e. The Labute approximate surface area is 101 Å². The average Bonchev–Trinajstić information content (AvgIpc) is 2.39. The molecule has 0 heterocycles. The average molecular weight is 223 g/mol. The largest absolute Gasteiger partial charge is 0.355 e. The summed E-state index contributed by atoms with van der Waals surface area (Å²) in [7, 11) is 0. The number of rotatable bonds is 3. The number of nitrogens with two attached hydrogens (primary N) is 1. The van der Waals surface area contributed by atoms with Gasteiger partial charge in [-0.15, -0.1) is 0 Å². The van der Waals surface area contributed by atoms with Crippen molar-refractivity contribution in [3.05, 3.63) is 59.7 Å². The van der Waals surface area contributed by atoms with E-state index in [1.807, 2.05) is 42.5 Å². The SMILES string of the molecule is N#Cc1cccc(Nc2cccc(CN)c2)c1. The lowest BCUT2D eigenvalue weighted by atomic mass is 10.2. The van der Waals surface area contributed by atoms with E-state index in [1.165, 1.54) is 0 Å². The van der Waals surface area contributed by atoms with Gasteiger partial charge in [-0.05, 0) is 35.9 Å². The molecule has 2 aromatic carbocycles. The molecule has 3 N–H and O–H groups in total. The summed E-state index contributed by atoms with van der Waals surface area (Å²) in [6.45, 7) is 0.522. The first-order chi connectivity index (χ1) is 8.31. The lowest BCUT2D eigenvalue weighted by Gasteiger charge is -2.07. The van der Waals surface area contributed by atoms with Crippen LogP contribution in [0.25, 0.3) is 0 Å². The van der Waals surface area contributed by atoms with Gasteiger partial charge >= 0.3 is 0 Å². The lowest BCUT2D eigenvalue weighted by Crippen LogP contribution is -1.97. The van der Waals surface area contributed by atoms with Crippen molar-refractivity contribution in [1.29, 1.82) is 5.26 Å². The second-order valence-electron chi connectivity index (χ2n) is 3.72. The van der Waals surface area contributed by atoms with Crippen LogP contribution in [0.5, 0.6) is 0 Å². The fourth-order valence-electron chi connectivity index (χ4n) is 1.61. The van der Waals surface area contributed by atoms with Gasteiger partial charge in [-0.3, -0.25) is 0 Å². The van der Waals surface area contributed by atoms with Gasteiger partial charge in [-0.2, -0.15) is 5.26 Å². The summed E-state index contributed by atoms with van der Waals surface area (Å²) in [5, 5.41) is 12.1. The highest BCUT2D eigenvalue weighted by Crippen LogP contribution is 2.18. The summed E-state index contributed by atoms with van der Waals surface area (Å²) >= 11 is 0. The summed E-state index contributed by atoms with van der Waals surface area (Å²) < 4.78 is 0. The molecule has 2 aromatic rings. The van der Waals surface area contributed by atoms with Gasteiger partial charge in [-0.25, -0.2) is 0 Å². The summed E-state index contributed by atoms with van der Waals surface area (Å²) in [6, 6.07) is 17.4.